The van der Waals surface area contributed by atoms with Crippen molar-refractivity contribution in [3.63, 3.8) is 0 Å². The molecule has 98 valence electrons. The normalized spacial score (nSPS) is 21.9. The van der Waals surface area contributed by atoms with Gasteiger partial charge in [-0.2, -0.15) is 0 Å². The Morgan fingerprint density at radius 1 is 1.33 bits per heavy atom. The van der Waals surface area contributed by atoms with E-state index < -0.39 is 0 Å². The number of hydrogen-bond acceptors (Lipinski definition) is 4. The number of benzene rings is 1. The number of fused-ring (bicyclic) bond motifs is 1. The molecule has 2 heterocycles. The van der Waals surface area contributed by atoms with Crippen LogP contribution in [0.5, 0.6) is 17.2 Å². The first-order valence-electron chi connectivity index (χ1n) is 6.57. The molecule has 1 fully saturated rings. The van der Waals surface area contributed by atoms with Crippen LogP contribution < -0.4 is 19.5 Å². The summed E-state index contributed by atoms with van der Waals surface area (Å²) in [4.78, 5) is 0. The predicted octanol–water partition coefficient (Wildman–Crippen LogP) is 2.11. The first kappa shape index (κ1) is 11.7. The van der Waals surface area contributed by atoms with Crippen LogP contribution in [0.25, 0.3) is 0 Å². The van der Waals surface area contributed by atoms with Crippen LogP contribution in [0.1, 0.15) is 24.8 Å². The van der Waals surface area contributed by atoms with Crippen molar-refractivity contribution in [1.29, 1.82) is 0 Å². The molecule has 4 nitrogen and oxygen atoms in total. The summed E-state index contributed by atoms with van der Waals surface area (Å²) in [6, 6.07) is 4.61. The van der Waals surface area contributed by atoms with Crippen LogP contribution in [-0.4, -0.2) is 26.5 Å². The largest absolute Gasteiger partial charge is 0.492 e. The van der Waals surface area contributed by atoms with E-state index in [9.17, 15) is 0 Å². The average molecular weight is 249 g/mol. The van der Waals surface area contributed by atoms with Gasteiger partial charge in [0.1, 0.15) is 0 Å². The van der Waals surface area contributed by atoms with Crippen LogP contribution in [-0.2, 0) is 6.42 Å². The zero-order chi connectivity index (χ0) is 12.4. The fourth-order valence-corrected chi connectivity index (χ4v) is 2.74. The molecule has 18 heavy (non-hydrogen) atoms. The van der Waals surface area contributed by atoms with Crippen molar-refractivity contribution in [2.45, 2.75) is 31.7 Å². The quantitative estimate of drug-likeness (QED) is 0.890. The maximum atomic E-state index is 5.50. The lowest BCUT2D eigenvalue weighted by Crippen LogP contribution is -2.35. The number of piperidine rings is 1. The maximum Gasteiger partial charge on any atom is 0.231 e. The molecule has 1 aromatic rings. The Kier molecular flexibility index (Phi) is 3.28. The minimum absolute atomic E-state index is 0.289. The van der Waals surface area contributed by atoms with E-state index in [0.717, 1.165) is 30.2 Å². The van der Waals surface area contributed by atoms with Crippen molar-refractivity contribution in [3.05, 3.63) is 17.7 Å². The lowest BCUT2D eigenvalue weighted by atomic mass is 9.97. The molecule has 0 aliphatic carbocycles. The summed E-state index contributed by atoms with van der Waals surface area (Å²) in [6.07, 6.45) is 4.82. The topological polar surface area (TPSA) is 39.7 Å². The average Bonchev–Trinajstić information content (AvgIpc) is 2.88. The molecule has 2 aliphatic rings. The van der Waals surface area contributed by atoms with Crippen LogP contribution in [0.4, 0.5) is 0 Å². The van der Waals surface area contributed by atoms with Crippen LogP contribution >= 0.6 is 0 Å². The first-order valence-corrected chi connectivity index (χ1v) is 6.57. The van der Waals surface area contributed by atoms with Gasteiger partial charge in [0, 0.05) is 6.04 Å². The van der Waals surface area contributed by atoms with E-state index >= 15 is 0 Å². The van der Waals surface area contributed by atoms with E-state index in [4.69, 9.17) is 14.2 Å². The Balaban J connectivity index is 1.82. The van der Waals surface area contributed by atoms with Crippen LogP contribution in [0, 0.1) is 0 Å². The van der Waals surface area contributed by atoms with Gasteiger partial charge in [0.2, 0.25) is 12.5 Å². The third kappa shape index (κ3) is 2.12. The molecule has 1 unspecified atom stereocenters. The molecule has 1 saturated heterocycles. The Bertz CT molecular complexity index is 427. The fraction of sp³-hybridized carbons (Fsp3) is 0.571. The van der Waals surface area contributed by atoms with E-state index in [1.165, 1.54) is 24.8 Å². The van der Waals surface area contributed by atoms with Crippen molar-refractivity contribution in [2.24, 2.45) is 0 Å². The molecular weight excluding hydrogens is 230 g/mol. The second-order valence-corrected chi connectivity index (χ2v) is 4.84. The maximum absolute atomic E-state index is 5.50. The molecule has 0 bridgehead atoms. The van der Waals surface area contributed by atoms with Crippen LogP contribution in [0.2, 0.25) is 0 Å². The zero-order valence-electron chi connectivity index (χ0n) is 10.7. The molecule has 0 aromatic heterocycles. The van der Waals surface area contributed by atoms with Crippen molar-refractivity contribution in [2.75, 3.05) is 20.4 Å². The number of ether oxygens (including phenoxy) is 3. The van der Waals surface area contributed by atoms with Crippen LogP contribution in [0.3, 0.4) is 0 Å². The minimum atomic E-state index is 0.289. The van der Waals surface area contributed by atoms with Crippen molar-refractivity contribution in [3.8, 4) is 17.2 Å². The highest BCUT2D eigenvalue weighted by Crippen LogP contribution is 2.43. The van der Waals surface area contributed by atoms with Gasteiger partial charge in [-0.05, 0) is 37.4 Å². The van der Waals surface area contributed by atoms with Gasteiger partial charge in [0.15, 0.2) is 11.5 Å². The molecule has 0 amide bonds. The zero-order valence-corrected chi connectivity index (χ0v) is 10.7. The van der Waals surface area contributed by atoms with Gasteiger partial charge in [-0.25, -0.2) is 0 Å². The smallest absolute Gasteiger partial charge is 0.231 e. The standard InChI is InChI=1S/C14H19NO3/c1-16-13-10(8-11-4-2-3-7-15-11)5-6-12-14(13)18-9-17-12/h5-6,11,15H,2-4,7-9H2,1H3. The highest BCUT2D eigenvalue weighted by molar-refractivity contribution is 5.57. The highest BCUT2D eigenvalue weighted by Gasteiger charge is 2.23. The molecule has 3 rings (SSSR count). The number of nitrogens with one attached hydrogen (secondary N) is 1. The Morgan fingerprint density at radius 2 is 2.28 bits per heavy atom. The predicted molar refractivity (Wildman–Crippen MR) is 68.5 cm³/mol. The van der Waals surface area contributed by atoms with Crippen molar-refractivity contribution in [1.82, 2.24) is 5.32 Å². The number of methoxy groups -OCH3 is 1. The second-order valence-electron chi connectivity index (χ2n) is 4.84. The second kappa shape index (κ2) is 5.06. The summed E-state index contributed by atoms with van der Waals surface area (Å²) in [6.45, 7) is 1.41. The summed E-state index contributed by atoms with van der Waals surface area (Å²) >= 11 is 0. The van der Waals surface area contributed by atoms with E-state index in [-0.39, 0.29) is 6.79 Å². The molecule has 1 aromatic carbocycles. The van der Waals surface area contributed by atoms with Gasteiger partial charge in [-0.15, -0.1) is 0 Å². The van der Waals surface area contributed by atoms with E-state index in [0.29, 0.717) is 6.04 Å². The van der Waals surface area contributed by atoms with Gasteiger partial charge >= 0.3 is 0 Å². The summed E-state index contributed by atoms with van der Waals surface area (Å²) < 4.78 is 16.3. The molecule has 1 N–H and O–H groups in total. The monoisotopic (exact) mass is 249 g/mol. The number of hydrogen-bond donors (Lipinski definition) is 1. The summed E-state index contributed by atoms with van der Waals surface area (Å²) in [7, 11) is 1.69. The van der Waals surface area contributed by atoms with E-state index in [2.05, 4.69) is 11.4 Å². The highest BCUT2D eigenvalue weighted by atomic mass is 16.7. The molecule has 0 spiro atoms. The Hall–Kier alpha value is -1.42. The third-order valence-electron chi connectivity index (χ3n) is 3.66. The lowest BCUT2D eigenvalue weighted by Gasteiger charge is -2.24. The van der Waals surface area contributed by atoms with Gasteiger partial charge in [-0.3, -0.25) is 0 Å². The Morgan fingerprint density at radius 3 is 3.06 bits per heavy atom. The summed E-state index contributed by atoms with van der Waals surface area (Å²) in [5, 5.41) is 3.56. The van der Waals surface area contributed by atoms with E-state index in [1.807, 2.05) is 6.07 Å². The molecule has 2 aliphatic heterocycles. The number of rotatable bonds is 3. The minimum Gasteiger partial charge on any atom is -0.492 e. The van der Waals surface area contributed by atoms with Gasteiger partial charge in [0.25, 0.3) is 0 Å². The molecule has 0 saturated carbocycles. The molecular formula is C14H19NO3. The van der Waals surface area contributed by atoms with Gasteiger partial charge in [0.05, 0.1) is 7.11 Å². The van der Waals surface area contributed by atoms with Crippen LogP contribution in [0.15, 0.2) is 12.1 Å². The fourth-order valence-electron chi connectivity index (χ4n) is 2.74. The SMILES string of the molecule is COc1c(CC2CCCCN2)ccc2c1OCO2. The molecule has 0 radical (unpaired) electrons. The molecule has 4 heteroatoms. The van der Waals surface area contributed by atoms with Crippen molar-refractivity contribution >= 4 is 0 Å². The van der Waals surface area contributed by atoms with Gasteiger partial charge in [-0.1, -0.05) is 12.5 Å². The van der Waals surface area contributed by atoms with Crippen molar-refractivity contribution < 1.29 is 14.2 Å². The van der Waals surface area contributed by atoms with E-state index in [1.54, 1.807) is 7.11 Å². The van der Waals surface area contributed by atoms with Gasteiger partial charge < -0.3 is 19.5 Å². The summed E-state index contributed by atoms with van der Waals surface area (Å²) in [5.74, 6) is 2.37. The third-order valence-corrected chi connectivity index (χ3v) is 3.66. The lowest BCUT2D eigenvalue weighted by molar-refractivity contribution is 0.171. The summed E-state index contributed by atoms with van der Waals surface area (Å²) in [5.41, 5.74) is 1.20. The Labute approximate surface area is 107 Å². The molecule has 1 atom stereocenters. The first-order chi connectivity index (χ1) is 8.88.